The first-order chi connectivity index (χ1) is 24.8. The van der Waals surface area contributed by atoms with E-state index in [0.29, 0.717) is 48.6 Å². The summed E-state index contributed by atoms with van der Waals surface area (Å²) in [6.45, 7) is 7.33. The predicted octanol–water partition coefficient (Wildman–Crippen LogP) is 7.76. The van der Waals surface area contributed by atoms with Crippen LogP contribution in [0.25, 0.3) is 16.5 Å². The highest BCUT2D eigenvalue weighted by molar-refractivity contribution is 6.04. The van der Waals surface area contributed by atoms with Crippen molar-refractivity contribution in [3.8, 4) is 5.69 Å². The number of aliphatic hydroxyl groups is 1. The number of aryl methyl sites for hydroxylation is 1. The van der Waals surface area contributed by atoms with Crippen LogP contribution < -0.4 is 5.32 Å². The topological polar surface area (TPSA) is 105 Å². The highest BCUT2D eigenvalue weighted by atomic mass is 16.3. The zero-order chi connectivity index (χ0) is 35.9. The van der Waals surface area contributed by atoms with Gasteiger partial charge in [0.1, 0.15) is 0 Å². The fraction of sp³-hybridized carbons (Fsp3) is 0.349. The molecule has 0 spiro atoms. The van der Waals surface area contributed by atoms with E-state index in [1.807, 2.05) is 72.5 Å². The zero-order valence-electron chi connectivity index (χ0n) is 29.9. The molecule has 4 aromatic carbocycles. The van der Waals surface area contributed by atoms with E-state index < -0.39 is 5.92 Å². The Balaban J connectivity index is 1.34. The Morgan fingerprint density at radius 2 is 1.53 bits per heavy atom. The van der Waals surface area contributed by atoms with Crippen LogP contribution in [-0.4, -0.2) is 57.1 Å². The van der Waals surface area contributed by atoms with Crippen LogP contribution in [0.5, 0.6) is 0 Å². The van der Waals surface area contributed by atoms with E-state index in [0.717, 1.165) is 58.8 Å². The van der Waals surface area contributed by atoms with Gasteiger partial charge < -0.3 is 15.3 Å². The maximum atomic E-state index is 14.7. The number of benzene rings is 4. The number of fused-ring (bicyclic) bond motifs is 2. The number of aliphatic hydroxyl groups excluding tert-OH is 1. The van der Waals surface area contributed by atoms with Crippen LogP contribution in [0, 0.1) is 18.8 Å². The summed E-state index contributed by atoms with van der Waals surface area (Å²) in [5.74, 6) is -1.16. The number of unbranched alkanes of at least 4 members (excludes halogenated alkanes) is 2. The van der Waals surface area contributed by atoms with Gasteiger partial charge in [0.25, 0.3) is 5.91 Å². The number of carbonyl (C=O) groups excluding carboxylic acids is 3. The predicted molar refractivity (Wildman–Crippen MR) is 203 cm³/mol. The lowest BCUT2D eigenvalue weighted by molar-refractivity contribution is -0.115. The van der Waals surface area contributed by atoms with E-state index in [4.69, 9.17) is 5.10 Å². The monoisotopic (exact) mass is 684 g/mol. The van der Waals surface area contributed by atoms with Crippen LogP contribution in [0.15, 0.2) is 91.0 Å². The molecule has 1 aromatic heterocycles. The van der Waals surface area contributed by atoms with Gasteiger partial charge in [0.15, 0.2) is 11.5 Å². The summed E-state index contributed by atoms with van der Waals surface area (Å²) in [5.41, 5.74) is 5.62. The number of ketones is 1. The van der Waals surface area contributed by atoms with Gasteiger partial charge in [-0.3, -0.25) is 14.4 Å². The Morgan fingerprint density at radius 1 is 0.843 bits per heavy atom. The molecular formula is C43H48N4O4. The quantitative estimate of drug-likeness (QED) is 0.116. The summed E-state index contributed by atoms with van der Waals surface area (Å²) in [7, 11) is 0. The molecule has 2 N–H and O–H groups in total. The molecule has 0 saturated carbocycles. The van der Waals surface area contributed by atoms with Crippen molar-refractivity contribution < 1.29 is 19.5 Å². The molecule has 51 heavy (non-hydrogen) atoms. The van der Waals surface area contributed by atoms with Gasteiger partial charge in [-0.15, -0.1) is 0 Å². The molecule has 0 bridgehead atoms. The molecule has 264 valence electrons. The Hall–Kier alpha value is -5.08. The highest BCUT2D eigenvalue weighted by Crippen LogP contribution is 2.35. The average Bonchev–Trinajstić information content (AvgIpc) is 3.54. The molecule has 6 rings (SSSR count). The average molecular weight is 685 g/mol. The number of carbonyl (C=O) groups is 3. The molecule has 5 aromatic rings. The summed E-state index contributed by atoms with van der Waals surface area (Å²) in [6.07, 6.45) is 5.09. The number of Topliss-reactive ketones (excluding diaryl/α,β-unsaturated/α-hetero) is 1. The fourth-order valence-electron chi connectivity index (χ4n) is 7.22. The van der Waals surface area contributed by atoms with E-state index in [-0.39, 0.29) is 36.5 Å². The number of anilines is 1. The Bertz CT molecular complexity index is 2020. The van der Waals surface area contributed by atoms with Crippen LogP contribution >= 0.6 is 0 Å². The van der Waals surface area contributed by atoms with Crippen molar-refractivity contribution in [2.75, 3.05) is 25.0 Å². The number of hydrogen-bond donors (Lipinski definition) is 2. The number of rotatable bonds is 14. The second-order valence-corrected chi connectivity index (χ2v) is 13.8. The first-order valence-corrected chi connectivity index (χ1v) is 18.3. The fourth-order valence-corrected chi connectivity index (χ4v) is 7.22. The normalized spacial score (nSPS) is 15.4. The first kappa shape index (κ1) is 35.7. The molecule has 8 nitrogen and oxygen atoms in total. The lowest BCUT2D eigenvalue weighted by Crippen LogP contribution is -2.34. The minimum atomic E-state index is -0.470. The maximum Gasteiger partial charge on any atom is 0.274 e. The van der Waals surface area contributed by atoms with E-state index in [9.17, 15) is 19.5 Å². The molecule has 0 aliphatic heterocycles. The van der Waals surface area contributed by atoms with Crippen molar-refractivity contribution in [1.29, 1.82) is 0 Å². The van der Waals surface area contributed by atoms with Crippen molar-refractivity contribution in [3.05, 3.63) is 125 Å². The Labute approximate surface area is 300 Å². The third-order valence-corrected chi connectivity index (χ3v) is 10.1. The van der Waals surface area contributed by atoms with Crippen LogP contribution in [0.1, 0.15) is 82.8 Å². The molecule has 2 atom stereocenters. The summed E-state index contributed by atoms with van der Waals surface area (Å²) in [6, 6.07) is 29.2. The summed E-state index contributed by atoms with van der Waals surface area (Å²) < 4.78 is 1.67. The molecule has 0 radical (unpaired) electrons. The first-order valence-electron chi connectivity index (χ1n) is 18.3. The lowest BCUT2D eigenvalue weighted by Gasteiger charge is -2.31. The minimum absolute atomic E-state index is 0.117. The van der Waals surface area contributed by atoms with Crippen molar-refractivity contribution in [2.24, 2.45) is 11.8 Å². The van der Waals surface area contributed by atoms with Crippen molar-refractivity contribution >= 4 is 34.1 Å². The summed E-state index contributed by atoms with van der Waals surface area (Å²) in [5, 5.41) is 20.4. The highest BCUT2D eigenvalue weighted by Gasteiger charge is 2.35. The standard InChI is InChI=1S/C43H48N4O4/c1-4-6-20-46(21-7-5-2)43(51)39-22-29(3)47(45-39)40-19-18-36(44-41(49)24-30-16-17-31-12-8-9-13-32(31)23-30)27-38(40)42(50)37-26-34-15-11-10-14-33(34)25-35(37)28-48/h8-19,22-23,27,35,37,48H,4-7,20-21,24-26,28H2,1-3H3,(H,44,49)/t35-,37?/m0/s1. The lowest BCUT2D eigenvalue weighted by atomic mass is 9.73. The molecule has 8 heteroatoms. The second kappa shape index (κ2) is 16.3. The van der Waals surface area contributed by atoms with E-state index >= 15 is 0 Å². The van der Waals surface area contributed by atoms with Gasteiger partial charge in [0.2, 0.25) is 5.91 Å². The van der Waals surface area contributed by atoms with Gasteiger partial charge in [-0.2, -0.15) is 5.10 Å². The zero-order valence-corrected chi connectivity index (χ0v) is 29.9. The SMILES string of the molecule is CCCCN(CCCC)C(=O)c1cc(C)n(-c2ccc(NC(=O)Cc3ccc4ccccc4c3)cc2C(=O)C2Cc3ccccc3C[C@H]2CO)n1. The third kappa shape index (κ3) is 8.12. The summed E-state index contributed by atoms with van der Waals surface area (Å²) >= 11 is 0. The van der Waals surface area contributed by atoms with Crippen molar-refractivity contribution in [1.82, 2.24) is 14.7 Å². The van der Waals surface area contributed by atoms with E-state index in [1.54, 1.807) is 28.9 Å². The van der Waals surface area contributed by atoms with Gasteiger partial charge in [-0.05, 0) is 90.3 Å². The van der Waals surface area contributed by atoms with Crippen LogP contribution in [0.4, 0.5) is 5.69 Å². The van der Waals surface area contributed by atoms with Crippen LogP contribution in [0.2, 0.25) is 0 Å². The van der Waals surface area contributed by atoms with Gasteiger partial charge in [-0.25, -0.2) is 4.68 Å². The van der Waals surface area contributed by atoms with E-state index in [2.05, 4.69) is 25.2 Å². The number of nitrogens with zero attached hydrogens (tertiary/aromatic N) is 3. The molecule has 0 fully saturated rings. The largest absolute Gasteiger partial charge is 0.396 e. The van der Waals surface area contributed by atoms with Crippen LogP contribution in [0.3, 0.4) is 0 Å². The van der Waals surface area contributed by atoms with Gasteiger partial charge >= 0.3 is 0 Å². The third-order valence-electron chi connectivity index (χ3n) is 10.1. The molecule has 2 amide bonds. The number of amides is 2. The molecule has 1 heterocycles. The number of hydrogen-bond acceptors (Lipinski definition) is 5. The maximum absolute atomic E-state index is 14.7. The molecule has 1 aliphatic rings. The van der Waals surface area contributed by atoms with Crippen LogP contribution in [-0.2, 0) is 24.1 Å². The van der Waals surface area contributed by atoms with Gasteiger partial charge in [0, 0.05) is 42.6 Å². The molecule has 1 aliphatic carbocycles. The van der Waals surface area contributed by atoms with Gasteiger partial charge in [0.05, 0.1) is 12.1 Å². The smallest absolute Gasteiger partial charge is 0.274 e. The second-order valence-electron chi connectivity index (χ2n) is 13.8. The number of nitrogens with one attached hydrogen (secondary N) is 1. The number of aromatic nitrogens is 2. The molecule has 0 saturated heterocycles. The van der Waals surface area contributed by atoms with Gasteiger partial charge in [-0.1, -0.05) is 93.4 Å². The Kier molecular flexibility index (Phi) is 11.4. The van der Waals surface area contributed by atoms with Crippen molar-refractivity contribution in [3.63, 3.8) is 0 Å². The van der Waals surface area contributed by atoms with E-state index in [1.165, 1.54) is 0 Å². The molecule has 1 unspecified atom stereocenters. The van der Waals surface area contributed by atoms with Crippen molar-refractivity contribution in [2.45, 2.75) is 65.7 Å². The Morgan fingerprint density at radius 3 is 2.24 bits per heavy atom. The minimum Gasteiger partial charge on any atom is -0.396 e. The molecular weight excluding hydrogens is 636 g/mol. The summed E-state index contributed by atoms with van der Waals surface area (Å²) in [4.78, 5) is 43.6.